The third-order valence-electron chi connectivity index (χ3n) is 5.71. The average molecular weight is 413 g/mol. The van der Waals surface area contributed by atoms with Crippen LogP contribution in [0, 0.1) is 5.92 Å². The lowest BCUT2D eigenvalue weighted by molar-refractivity contribution is -0.129. The van der Waals surface area contributed by atoms with E-state index >= 15 is 0 Å². The van der Waals surface area contributed by atoms with E-state index in [-0.39, 0.29) is 24.2 Å². The molecule has 1 saturated heterocycles. The molecule has 0 spiro atoms. The summed E-state index contributed by atoms with van der Waals surface area (Å²) in [6.45, 7) is 1.34. The van der Waals surface area contributed by atoms with Crippen molar-refractivity contribution in [1.29, 1.82) is 0 Å². The van der Waals surface area contributed by atoms with Crippen molar-refractivity contribution in [3.8, 4) is 11.5 Å². The summed E-state index contributed by atoms with van der Waals surface area (Å²) < 4.78 is 12.6. The van der Waals surface area contributed by atoms with Crippen LogP contribution in [-0.2, 0) is 22.6 Å². The van der Waals surface area contributed by atoms with E-state index in [0.717, 1.165) is 24.2 Å². The summed E-state index contributed by atoms with van der Waals surface area (Å²) in [5.74, 6) is 1.67. The fourth-order valence-electron chi connectivity index (χ4n) is 3.83. The normalized spacial score (nSPS) is 18.5. The van der Waals surface area contributed by atoms with Crippen LogP contribution in [0.1, 0.15) is 36.7 Å². The number of rotatable bonds is 9. The number of hydrogen-bond acceptors (Lipinski definition) is 6. The summed E-state index contributed by atoms with van der Waals surface area (Å²) in [5.41, 5.74) is 1.05. The highest BCUT2D eigenvalue weighted by Gasteiger charge is 2.34. The average Bonchev–Trinajstić information content (AvgIpc) is 3.38. The smallest absolute Gasteiger partial charge is 0.225 e. The Balaban J connectivity index is 1.28. The second kappa shape index (κ2) is 8.73. The van der Waals surface area contributed by atoms with Gasteiger partial charge in [-0.2, -0.15) is 0 Å². The lowest BCUT2D eigenvalue weighted by Crippen LogP contribution is -2.33. The lowest BCUT2D eigenvalue weighted by atomic mass is 10.1. The van der Waals surface area contributed by atoms with Gasteiger partial charge in [0.15, 0.2) is 17.3 Å². The highest BCUT2D eigenvalue weighted by molar-refractivity contribution is 5.89. The summed E-state index contributed by atoms with van der Waals surface area (Å²) in [4.78, 5) is 26.7. The van der Waals surface area contributed by atoms with Crippen LogP contribution in [-0.4, -0.2) is 58.8 Å². The molecule has 0 radical (unpaired) electrons. The Bertz CT molecular complexity index is 924. The lowest BCUT2D eigenvalue weighted by Gasteiger charge is -2.17. The number of benzene rings is 1. The maximum absolute atomic E-state index is 12.6. The topological polar surface area (TPSA) is 98.6 Å². The van der Waals surface area contributed by atoms with Crippen molar-refractivity contribution in [3.63, 3.8) is 0 Å². The van der Waals surface area contributed by atoms with Gasteiger partial charge in [-0.05, 0) is 37.0 Å². The maximum atomic E-state index is 12.6. The van der Waals surface area contributed by atoms with Crippen LogP contribution in [0.4, 0.5) is 0 Å². The minimum atomic E-state index is -0.333. The van der Waals surface area contributed by atoms with Gasteiger partial charge in [-0.3, -0.25) is 9.59 Å². The molecule has 9 nitrogen and oxygen atoms in total. The van der Waals surface area contributed by atoms with Crippen molar-refractivity contribution in [1.82, 2.24) is 25.0 Å². The second-order valence-electron chi connectivity index (χ2n) is 7.78. The zero-order valence-corrected chi connectivity index (χ0v) is 17.3. The molecule has 1 aromatic carbocycles. The van der Waals surface area contributed by atoms with Crippen molar-refractivity contribution in [2.45, 2.75) is 38.3 Å². The molecule has 4 rings (SSSR count). The molecule has 1 N–H and O–H groups in total. The van der Waals surface area contributed by atoms with Gasteiger partial charge in [0, 0.05) is 25.6 Å². The number of likely N-dealkylation sites (tertiary alicyclic amines) is 1. The third kappa shape index (κ3) is 4.39. The first-order chi connectivity index (χ1) is 14.6. The fourth-order valence-corrected chi connectivity index (χ4v) is 3.83. The Morgan fingerprint density at radius 2 is 2.03 bits per heavy atom. The van der Waals surface area contributed by atoms with Crippen molar-refractivity contribution in [3.05, 3.63) is 35.9 Å². The molecule has 0 bridgehead atoms. The van der Waals surface area contributed by atoms with Crippen LogP contribution in [0.3, 0.4) is 0 Å². The quantitative estimate of drug-likeness (QED) is 0.666. The van der Waals surface area contributed by atoms with Gasteiger partial charge in [-0.1, -0.05) is 6.07 Å². The SMILES string of the molecule is COc1ccc(CCN2CC(C(=O)NCc3nncn3C3CC3)CC2=O)cc1OC. The van der Waals surface area contributed by atoms with Crippen molar-refractivity contribution >= 4 is 11.8 Å². The summed E-state index contributed by atoms with van der Waals surface area (Å²) in [7, 11) is 3.20. The van der Waals surface area contributed by atoms with Crippen molar-refractivity contribution < 1.29 is 19.1 Å². The first-order valence-corrected chi connectivity index (χ1v) is 10.2. The van der Waals surface area contributed by atoms with Gasteiger partial charge < -0.3 is 24.3 Å². The third-order valence-corrected chi connectivity index (χ3v) is 5.71. The van der Waals surface area contributed by atoms with Crippen LogP contribution < -0.4 is 14.8 Å². The molecule has 2 fully saturated rings. The summed E-state index contributed by atoms with van der Waals surface area (Å²) >= 11 is 0. The monoisotopic (exact) mass is 413 g/mol. The van der Waals surface area contributed by atoms with Crippen LogP contribution in [0.25, 0.3) is 0 Å². The molecule has 1 aliphatic heterocycles. The number of amides is 2. The van der Waals surface area contributed by atoms with Crippen LogP contribution in [0.5, 0.6) is 11.5 Å². The number of aromatic nitrogens is 3. The van der Waals surface area contributed by atoms with Gasteiger partial charge in [-0.25, -0.2) is 0 Å². The highest BCUT2D eigenvalue weighted by atomic mass is 16.5. The first kappa shape index (κ1) is 20.2. The Labute approximate surface area is 175 Å². The van der Waals surface area contributed by atoms with Crippen LogP contribution in [0.15, 0.2) is 24.5 Å². The van der Waals surface area contributed by atoms with Crippen LogP contribution >= 0.6 is 0 Å². The molecule has 160 valence electrons. The van der Waals surface area contributed by atoms with E-state index in [0.29, 0.717) is 43.6 Å². The van der Waals surface area contributed by atoms with E-state index in [9.17, 15) is 9.59 Å². The molecular formula is C21H27N5O4. The number of hydrogen-bond donors (Lipinski definition) is 1. The van der Waals surface area contributed by atoms with E-state index in [1.54, 1.807) is 25.4 Å². The minimum absolute atomic E-state index is 0.0109. The predicted molar refractivity (Wildman–Crippen MR) is 108 cm³/mol. The summed E-state index contributed by atoms with van der Waals surface area (Å²) in [5, 5.41) is 11.0. The molecular weight excluding hydrogens is 386 g/mol. The number of carbonyl (C=O) groups is 2. The van der Waals surface area contributed by atoms with Gasteiger partial charge >= 0.3 is 0 Å². The van der Waals surface area contributed by atoms with Crippen molar-refractivity contribution in [2.24, 2.45) is 5.92 Å². The summed E-state index contributed by atoms with van der Waals surface area (Å²) in [6, 6.07) is 6.20. The van der Waals surface area contributed by atoms with Gasteiger partial charge in [0.05, 0.1) is 26.7 Å². The number of nitrogens with zero attached hydrogens (tertiary/aromatic N) is 4. The molecule has 1 unspecified atom stereocenters. The predicted octanol–water partition coefficient (Wildman–Crippen LogP) is 1.34. The number of nitrogens with one attached hydrogen (secondary N) is 1. The number of carbonyl (C=O) groups excluding carboxylic acids is 2. The van der Waals surface area contributed by atoms with Crippen LogP contribution in [0.2, 0.25) is 0 Å². The van der Waals surface area contributed by atoms with Gasteiger partial charge in [0.1, 0.15) is 6.33 Å². The van der Waals surface area contributed by atoms with E-state index in [1.165, 1.54) is 0 Å². The van der Waals surface area contributed by atoms with Gasteiger partial charge in [0.2, 0.25) is 11.8 Å². The number of ether oxygens (including phenoxy) is 2. The standard InChI is InChI=1S/C21H27N5O4/c1-29-17-6-3-14(9-18(17)30-2)7-8-25-12-15(10-20(25)27)21(28)22-11-19-24-23-13-26(19)16-4-5-16/h3,6,9,13,15-16H,4-5,7-8,10-12H2,1-2H3,(H,22,28). The molecule has 9 heteroatoms. The Morgan fingerprint density at radius 1 is 1.23 bits per heavy atom. The van der Waals surface area contributed by atoms with E-state index in [1.807, 2.05) is 22.8 Å². The molecule has 2 amide bonds. The van der Waals surface area contributed by atoms with Crippen molar-refractivity contribution in [2.75, 3.05) is 27.3 Å². The van der Waals surface area contributed by atoms with E-state index in [4.69, 9.17) is 9.47 Å². The second-order valence-corrected chi connectivity index (χ2v) is 7.78. The summed E-state index contributed by atoms with van der Waals surface area (Å²) in [6.07, 6.45) is 4.91. The van der Waals surface area contributed by atoms with Gasteiger partial charge in [0.25, 0.3) is 0 Å². The molecule has 1 aliphatic carbocycles. The molecule has 30 heavy (non-hydrogen) atoms. The molecule has 1 saturated carbocycles. The zero-order valence-electron chi connectivity index (χ0n) is 17.3. The largest absolute Gasteiger partial charge is 0.493 e. The molecule has 2 aromatic rings. The zero-order chi connectivity index (χ0) is 21.1. The highest BCUT2D eigenvalue weighted by Crippen LogP contribution is 2.35. The molecule has 1 aromatic heterocycles. The minimum Gasteiger partial charge on any atom is -0.493 e. The Hall–Kier alpha value is -3.10. The molecule has 1 atom stereocenters. The van der Waals surface area contributed by atoms with E-state index < -0.39 is 0 Å². The molecule has 2 heterocycles. The maximum Gasteiger partial charge on any atom is 0.225 e. The van der Waals surface area contributed by atoms with E-state index in [2.05, 4.69) is 15.5 Å². The molecule has 2 aliphatic rings. The Kier molecular flexibility index (Phi) is 5.87. The Morgan fingerprint density at radius 3 is 2.77 bits per heavy atom. The number of methoxy groups -OCH3 is 2. The fraction of sp³-hybridized carbons (Fsp3) is 0.524. The van der Waals surface area contributed by atoms with Gasteiger partial charge in [-0.15, -0.1) is 10.2 Å². The first-order valence-electron chi connectivity index (χ1n) is 10.2.